The van der Waals surface area contributed by atoms with Crippen molar-refractivity contribution in [3.63, 3.8) is 0 Å². The molecule has 0 saturated carbocycles. The lowest BCUT2D eigenvalue weighted by atomic mass is 10.2. The summed E-state index contributed by atoms with van der Waals surface area (Å²) in [7, 11) is 0. The zero-order valence-corrected chi connectivity index (χ0v) is 11.3. The van der Waals surface area contributed by atoms with Crippen molar-refractivity contribution in [3.8, 4) is 0 Å². The van der Waals surface area contributed by atoms with Crippen LogP contribution in [0.15, 0.2) is 24.3 Å². The van der Waals surface area contributed by atoms with Crippen molar-refractivity contribution in [1.82, 2.24) is 4.90 Å². The Labute approximate surface area is 108 Å². The average Bonchev–Trinajstić information content (AvgIpc) is 2.33. The van der Waals surface area contributed by atoms with Crippen LogP contribution in [0.5, 0.6) is 0 Å². The van der Waals surface area contributed by atoms with Crippen molar-refractivity contribution in [1.29, 1.82) is 0 Å². The summed E-state index contributed by atoms with van der Waals surface area (Å²) in [5, 5.41) is 3.77. The molecule has 0 radical (unpaired) electrons. The fourth-order valence-corrected chi connectivity index (χ4v) is 1.87. The Bertz CT molecular complexity index is 377. The second-order valence-corrected chi connectivity index (χ2v) is 4.26. The maximum Gasteiger partial charge on any atom is 0.244 e. The molecule has 1 atom stereocenters. The van der Waals surface area contributed by atoms with Crippen molar-refractivity contribution in [2.45, 2.75) is 26.8 Å². The van der Waals surface area contributed by atoms with E-state index in [0.717, 1.165) is 18.8 Å². The highest BCUT2D eigenvalue weighted by Gasteiger charge is 2.18. The fourth-order valence-electron chi connectivity index (χ4n) is 1.68. The van der Waals surface area contributed by atoms with Crippen LogP contribution in [-0.2, 0) is 4.79 Å². The topological polar surface area (TPSA) is 32.3 Å². The predicted octanol–water partition coefficient (Wildman–Crippen LogP) is 3.01. The molecule has 17 heavy (non-hydrogen) atoms. The monoisotopic (exact) mass is 254 g/mol. The average molecular weight is 255 g/mol. The molecule has 0 aliphatic carbocycles. The molecule has 0 fully saturated rings. The van der Waals surface area contributed by atoms with Gasteiger partial charge in [-0.2, -0.15) is 0 Å². The Hall–Kier alpha value is -1.22. The zero-order valence-electron chi connectivity index (χ0n) is 10.5. The summed E-state index contributed by atoms with van der Waals surface area (Å²) >= 11 is 6.03. The molecule has 3 nitrogen and oxygen atoms in total. The molecule has 0 aromatic heterocycles. The van der Waals surface area contributed by atoms with Crippen molar-refractivity contribution >= 4 is 23.2 Å². The van der Waals surface area contributed by atoms with Crippen LogP contribution in [0.4, 0.5) is 5.69 Å². The molecule has 1 amide bonds. The number of anilines is 1. The van der Waals surface area contributed by atoms with E-state index in [1.54, 1.807) is 11.0 Å². The van der Waals surface area contributed by atoms with Gasteiger partial charge in [-0.3, -0.25) is 4.79 Å². The SMILES string of the molecule is CCN(CC)C(=O)C(C)Nc1ccccc1Cl. The molecule has 0 aliphatic rings. The lowest BCUT2D eigenvalue weighted by Gasteiger charge is -2.24. The first-order valence-corrected chi connectivity index (χ1v) is 6.27. The number of nitrogens with zero attached hydrogens (tertiary/aromatic N) is 1. The van der Waals surface area contributed by atoms with Gasteiger partial charge in [0, 0.05) is 13.1 Å². The molecule has 0 aliphatic heterocycles. The lowest BCUT2D eigenvalue weighted by Crippen LogP contribution is -2.41. The van der Waals surface area contributed by atoms with E-state index in [4.69, 9.17) is 11.6 Å². The molecule has 0 spiro atoms. The van der Waals surface area contributed by atoms with Gasteiger partial charge in [0.1, 0.15) is 6.04 Å². The van der Waals surface area contributed by atoms with Gasteiger partial charge >= 0.3 is 0 Å². The van der Waals surface area contributed by atoms with Crippen molar-refractivity contribution < 1.29 is 4.79 Å². The van der Waals surface area contributed by atoms with Gasteiger partial charge in [0.15, 0.2) is 0 Å². The molecule has 4 heteroatoms. The molecule has 0 heterocycles. The minimum Gasteiger partial charge on any atom is -0.373 e. The largest absolute Gasteiger partial charge is 0.373 e. The second-order valence-electron chi connectivity index (χ2n) is 3.86. The molecule has 0 saturated heterocycles. The molecule has 1 rings (SSSR count). The molecule has 1 N–H and O–H groups in total. The van der Waals surface area contributed by atoms with Crippen molar-refractivity contribution in [2.24, 2.45) is 0 Å². The standard InChI is InChI=1S/C13H19ClN2O/c1-4-16(5-2)13(17)10(3)15-12-9-7-6-8-11(12)14/h6-10,15H,4-5H2,1-3H3. The predicted molar refractivity (Wildman–Crippen MR) is 72.5 cm³/mol. The molecular formula is C13H19ClN2O. The van der Waals surface area contributed by atoms with Crippen LogP contribution in [0.2, 0.25) is 5.02 Å². The van der Waals surface area contributed by atoms with E-state index in [0.29, 0.717) is 5.02 Å². The lowest BCUT2D eigenvalue weighted by molar-refractivity contribution is -0.131. The van der Waals surface area contributed by atoms with E-state index in [9.17, 15) is 4.79 Å². The minimum absolute atomic E-state index is 0.0925. The number of hydrogen-bond acceptors (Lipinski definition) is 2. The highest BCUT2D eigenvalue weighted by Crippen LogP contribution is 2.21. The van der Waals surface area contributed by atoms with Crippen LogP contribution in [0.3, 0.4) is 0 Å². The van der Waals surface area contributed by atoms with Gasteiger partial charge in [-0.25, -0.2) is 0 Å². The quantitative estimate of drug-likeness (QED) is 0.876. The maximum atomic E-state index is 12.0. The van der Waals surface area contributed by atoms with Gasteiger partial charge in [0.05, 0.1) is 10.7 Å². The first kappa shape index (κ1) is 13.8. The Morgan fingerprint density at radius 1 is 1.35 bits per heavy atom. The Morgan fingerprint density at radius 3 is 2.47 bits per heavy atom. The normalized spacial score (nSPS) is 12.0. The van der Waals surface area contributed by atoms with Crippen molar-refractivity contribution in [2.75, 3.05) is 18.4 Å². The second kappa shape index (κ2) is 6.50. The van der Waals surface area contributed by atoms with Gasteiger partial charge in [-0.1, -0.05) is 23.7 Å². The summed E-state index contributed by atoms with van der Waals surface area (Å²) in [4.78, 5) is 13.8. The van der Waals surface area contributed by atoms with E-state index in [1.165, 1.54) is 0 Å². The Kier molecular flexibility index (Phi) is 5.29. The zero-order chi connectivity index (χ0) is 12.8. The number of likely N-dealkylation sites (N-methyl/N-ethyl adjacent to an activating group) is 1. The highest BCUT2D eigenvalue weighted by atomic mass is 35.5. The molecule has 94 valence electrons. The minimum atomic E-state index is -0.269. The summed E-state index contributed by atoms with van der Waals surface area (Å²) in [5.41, 5.74) is 0.794. The number of benzene rings is 1. The molecule has 1 aromatic carbocycles. The first-order valence-electron chi connectivity index (χ1n) is 5.90. The van der Waals surface area contributed by atoms with E-state index in [1.807, 2.05) is 39.0 Å². The number of halogens is 1. The highest BCUT2D eigenvalue weighted by molar-refractivity contribution is 6.33. The smallest absolute Gasteiger partial charge is 0.244 e. The number of amides is 1. The van der Waals surface area contributed by atoms with Gasteiger partial charge < -0.3 is 10.2 Å². The first-order chi connectivity index (χ1) is 8.10. The third kappa shape index (κ3) is 3.63. The number of rotatable bonds is 5. The summed E-state index contributed by atoms with van der Waals surface area (Å²) < 4.78 is 0. The van der Waals surface area contributed by atoms with E-state index >= 15 is 0 Å². The summed E-state index contributed by atoms with van der Waals surface area (Å²) in [6.45, 7) is 7.25. The van der Waals surface area contributed by atoms with Gasteiger partial charge in [0.2, 0.25) is 5.91 Å². The van der Waals surface area contributed by atoms with Crippen molar-refractivity contribution in [3.05, 3.63) is 29.3 Å². The third-order valence-electron chi connectivity index (χ3n) is 2.69. The molecule has 0 bridgehead atoms. The van der Waals surface area contributed by atoms with E-state index in [2.05, 4.69) is 5.32 Å². The number of nitrogens with one attached hydrogen (secondary N) is 1. The van der Waals surface area contributed by atoms with Crippen LogP contribution >= 0.6 is 11.6 Å². The molecule has 1 unspecified atom stereocenters. The van der Waals surface area contributed by atoms with E-state index in [-0.39, 0.29) is 11.9 Å². The summed E-state index contributed by atoms with van der Waals surface area (Å²) in [6, 6.07) is 7.16. The fraction of sp³-hybridized carbons (Fsp3) is 0.462. The van der Waals surface area contributed by atoms with Crippen LogP contribution < -0.4 is 5.32 Å². The van der Waals surface area contributed by atoms with Gasteiger partial charge in [0.25, 0.3) is 0 Å². The van der Waals surface area contributed by atoms with Crippen LogP contribution in [-0.4, -0.2) is 29.9 Å². The number of carbonyl (C=O) groups is 1. The van der Waals surface area contributed by atoms with Crippen LogP contribution in [0.25, 0.3) is 0 Å². The Morgan fingerprint density at radius 2 is 1.94 bits per heavy atom. The number of para-hydroxylation sites is 1. The van der Waals surface area contributed by atoms with Crippen LogP contribution in [0, 0.1) is 0 Å². The number of carbonyl (C=O) groups excluding carboxylic acids is 1. The summed E-state index contributed by atoms with van der Waals surface area (Å²) in [6.07, 6.45) is 0. The third-order valence-corrected chi connectivity index (χ3v) is 3.02. The van der Waals surface area contributed by atoms with E-state index < -0.39 is 0 Å². The van der Waals surface area contributed by atoms with Gasteiger partial charge in [-0.05, 0) is 32.9 Å². The molecular weight excluding hydrogens is 236 g/mol. The Balaban J connectivity index is 2.69. The van der Waals surface area contributed by atoms with Crippen LogP contribution in [0.1, 0.15) is 20.8 Å². The van der Waals surface area contributed by atoms with Gasteiger partial charge in [-0.15, -0.1) is 0 Å². The maximum absolute atomic E-state index is 12.0. The number of hydrogen-bond donors (Lipinski definition) is 1. The molecule has 1 aromatic rings. The summed E-state index contributed by atoms with van der Waals surface area (Å²) in [5.74, 6) is 0.0925.